The Morgan fingerprint density at radius 1 is 0.246 bits per heavy atom. The summed E-state index contributed by atoms with van der Waals surface area (Å²) in [6.45, 7) is 0. The normalized spacial score (nSPS) is 14.2. The number of hydrogen-bond donors (Lipinski definition) is 0. The minimum absolute atomic E-state index is 0.0774. The number of benzene rings is 12. The highest BCUT2D eigenvalue weighted by atomic mass is 16.5. The molecule has 1 nitrogen and oxygen atoms in total. The summed E-state index contributed by atoms with van der Waals surface area (Å²) < 4.78 is 6.77. The van der Waals surface area contributed by atoms with Gasteiger partial charge in [-0.05, 0) is 141 Å². The van der Waals surface area contributed by atoms with E-state index in [1.54, 1.807) is 0 Å². The van der Waals surface area contributed by atoms with E-state index in [2.05, 4.69) is 267 Å². The lowest BCUT2D eigenvalue weighted by atomic mass is 9.83. The second-order valence-corrected chi connectivity index (χ2v) is 18.3. The molecule has 13 rings (SSSR count). The fraction of sp³-hybridized carbons (Fsp3) is 0.0294. The second kappa shape index (κ2) is 17.1. The molecule has 0 aromatic heterocycles. The van der Waals surface area contributed by atoms with E-state index in [1.165, 1.54) is 116 Å². The minimum Gasteiger partial charge on any atom is -0.484 e. The SMILES string of the molecule is c1ccc(-c2ccc3c(-c4ccc(-c5ccc6ccccc6c5)cc4)c4cc(-c5ccccc5)ccc4c(-c4ccc(-c5ccc6c(c5)C(c5ccccc5)C(c5ccccc5)O6)cc4)c3c2)cc1. The third kappa shape index (κ3) is 7.37. The molecule has 0 radical (unpaired) electrons. The van der Waals surface area contributed by atoms with Crippen LogP contribution in [0.2, 0.25) is 0 Å². The molecule has 12 aromatic rings. The van der Waals surface area contributed by atoms with Crippen LogP contribution in [0.25, 0.3) is 99.1 Å². The molecule has 0 N–H and O–H groups in total. The fourth-order valence-electron chi connectivity index (χ4n) is 10.9. The molecular weight excluding hydrogens is 833 g/mol. The van der Waals surface area contributed by atoms with Crippen molar-refractivity contribution in [3.8, 4) is 72.5 Å². The van der Waals surface area contributed by atoms with E-state index in [4.69, 9.17) is 4.74 Å². The van der Waals surface area contributed by atoms with E-state index in [9.17, 15) is 0 Å². The molecule has 0 fully saturated rings. The van der Waals surface area contributed by atoms with Gasteiger partial charge in [0.1, 0.15) is 11.9 Å². The molecule has 12 aromatic carbocycles. The molecule has 1 aliphatic heterocycles. The predicted octanol–water partition coefficient (Wildman–Crippen LogP) is 18.4. The highest BCUT2D eigenvalue weighted by Crippen LogP contribution is 2.51. The van der Waals surface area contributed by atoms with Crippen LogP contribution in [-0.4, -0.2) is 0 Å². The third-order valence-electron chi connectivity index (χ3n) is 14.3. The van der Waals surface area contributed by atoms with E-state index in [1.807, 2.05) is 0 Å². The number of fused-ring (bicyclic) bond motifs is 4. The Morgan fingerprint density at radius 2 is 0.638 bits per heavy atom. The van der Waals surface area contributed by atoms with Crippen molar-refractivity contribution in [2.24, 2.45) is 0 Å². The topological polar surface area (TPSA) is 9.23 Å². The van der Waals surface area contributed by atoms with Crippen LogP contribution in [-0.2, 0) is 0 Å². The fourth-order valence-corrected chi connectivity index (χ4v) is 10.9. The molecule has 0 saturated carbocycles. The van der Waals surface area contributed by atoms with Gasteiger partial charge in [-0.25, -0.2) is 0 Å². The molecule has 0 bridgehead atoms. The Balaban J connectivity index is 0.972. The maximum absolute atomic E-state index is 6.77. The Morgan fingerprint density at radius 3 is 1.19 bits per heavy atom. The van der Waals surface area contributed by atoms with E-state index in [0.29, 0.717) is 0 Å². The summed E-state index contributed by atoms with van der Waals surface area (Å²) in [5.41, 5.74) is 18.1. The molecule has 0 amide bonds. The van der Waals surface area contributed by atoms with Gasteiger partial charge in [0.15, 0.2) is 0 Å². The van der Waals surface area contributed by atoms with Crippen molar-refractivity contribution in [1.82, 2.24) is 0 Å². The van der Waals surface area contributed by atoms with Crippen LogP contribution in [0.5, 0.6) is 5.75 Å². The highest BCUT2D eigenvalue weighted by Gasteiger charge is 2.37. The molecular formula is C68H46O. The van der Waals surface area contributed by atoms with Crippen molar-refractivity contribution in [2.45, 2.75) is 12.0 Å². The predicted molar refractivity (Wildman–Crippen MR) is 290 cm³/mol. The third-order valence-corrected chi connectivity index (χ3v) is 14.3. The van der Waals surface area contributed by atoms with Gasteiger partial charge in [0.25, 0.3) is 0 Å². The minimum atomic E-state index is -0.100. The van der Waals surface area contributed by atoms with Crippen molar-refractivity contribution in [3.63, 3.8) is 0 Å². The van der Waals surface area contributed by atoms with Gasteiger partial charge in [0.05, 0.1) is 5.92 Å². The molecule has 1 heteroatoms. The lowest BCUT2D eigenvalue weighted by Gasteiger charge is -2.20. The largest absolute Gasteiger partial charge is 0.484 e. The quantitative estimate of drug-likeness (QED) is 0.138. The van der Waals surface area contributed by atoms with Gasteiger partial charge in [-0.15, -0.1) is 0 Å². The van der Waals surface area contributed by atoms with Crippen LogP contribution in [0, 0.1) is 0 Å². The van der Waals surface area contributed by atoms with Crippen molar-refractivity contribution in [2.75, 3.05) is 0 Å². The standard InChI is InChI=1S/C68H46O/c1-5-15-45(16-6-1)56-36-39-60-61(42-56)65(51-30-25-48(26-31-51)55-34-29-47-19-13-14-24-54(47)41-55)59-38-35-57(46-17-7-2-8-18-46)43-62(59)66(60)52-32-27-49(28-33-52)58-37-40-64-63(44-58)67(50-20-9-3-10-21-50)68(69-64)53-22-11-4-12-23-53/h1-44,67-68H. The summed E-state index contributed by atoms with van der Waals surface area (Å²) in [5.74, 6) is 1.03. The van der Waals surface area contributed by atoms with Crippen molar-refractivity contribution >= 4 is 32.3 Å². The van der Waals surface area contributed by atoms with Crippen LogP contribution in [0.4, 0.5) is 0 Å². The van der Waals surface area contributed by atoms with Crippen LogP contribution < -0.4 is 4.74 Å². The van der Waals surface area contributed by atoms with Gasteiger partial charge in [-0.3, -0.25) is 0 Å². The van der Waals surface area contributed by atoms with Gasteiger partial charge < -0.3 is 4.74 Å². The number of hydrogen-bond acceptors (Lipinski definition) is 1. The zero-order valence-electron chi connectivity index (χ0n) is 38.0. The Bertz CT molecular complexity index is 3820. The van der Waals surface area contributed by atoms with Crippen LogP contribution in [0.3, 0.4) is 0 Å². The van der Waals surface area contributed by atoms with Gasteiger partial charge in [-0.2, -0.15) is 0 Å². The first kappa shape index (κ1) is 40.5. The highest BCUT2D eigenvalue weighted by molar-refractivity contribution is 6.22. The molecule has 2 unspecified atom stereocenters. The number of rotatable bonds is 8. The second-order valence-electron chi connectivity index (χ2n) is 18.3. The van der Waals surface area contributed by atoms with Crippen LogP contribution in [0.15, 0.2) is 267 Å². The maximum atomic E-state index is 6.77. The van der Waals surface area contributed by atoms with Crippen molar-refractivity contribution in [3.05, 3.63) is 284 Å². The number of ether oxygens (including phenoxy) is 1. The zero-order chi connectivity index (χ0) is 45.7. The first-order valence-electron chi connectivity index (χ1n) is 24.0. The summed E-state index contributed by atoms with van der Waals surface area (Å²) in [7, 11) is 0. The molecule has 69 heavy (non-hydrogen) atoms. The average Bonchev–Trinajstić information content (AvgIpc) is 3.82. The molecule has 324 valence electrons. The smallest absolute Gasteiger partial charge is 0.135 e. The van der Waals surface area contributed by atoms with E-state index < -0.39 is 0 Å². The van der Waals surface area contributed by atoms with Crippen LogP contribution >= 0.6 is 0 Å². The van der Waals surface area contributed by atoms with Crippen molar-refractivity contribution < 1.29 is 4.74 Å². The van der Waals surface area contributed by atoms with Crippen LogP contribution in [0.1, 0.15) is 28.7 Å². The summed E-state index contributed by atoms with van der Waals surface area (Å²) in [5, 5.41) is 7.40. The zero-order valence-corrected chi connectivity index (χ0v) is 38.0. The first-order valence-corrected chi connectivity index (χ1v) is 24.0. The van der Waals surface area contributed by atoms with Crippen molar-refractivity contribution in [1.29, 1.82) is 0 Å². The molecule has 0 spiro atoms. The molecule has 1 aliphatic rings. The van der Waals surface area contributed by atoms with Gasteiger partial charge >= 0.3 is 0 Å². The molecule has 0 saturated heterocycles. The summed E-state index contributed by atoms with van der Waals surface area (Å²) in [6, 6.07) is 97.7. The summed E-state index contributed by atoms with van der Waals surface area (Å²) in [4.78, 5) is 0. The lowest BCUT2D eigenvalue weighted by molar-refractivity contribution is 0.222. The Hall–Kier alpha value is -8.78. The monoisotopic (exact) mass is 878 g/mol. The molecule has 1 heterocycles. The van der Waals surface area contributed by atoms with E-state index in [0.717, 1.165) is 5.75 Å². The maximum Gasteiger partial charge on any atom is 0.135 e. The van der Waals surface area contributed by atoms with E-state index >= 15 is 0 Å². The molecule has 0 aliphatic carbocycles. The summed E-state index contributed by atoms with van der Waals surface area (Å²) in [6.07, 6.45) is -0.100. The Labute approximate surface area is 403 Å². The lowest BCUT2D eigenvalue weighted by Crippen LogP contribution is -2.11. The van der Waals surface area contributed by atoms with Gasteiger partial charge in [0, 0.05) is 5.56 Å². The molecule has 2 atom stereocenters. The average molecular weight is 879 g/mol. The Kier molecular flexibility index (Phi) is 10.1. The summed E-state index contributed by atoms with van der Waals surface area (Å²) >= 11 is 0. The van der Waals surface area contributed by atoms with E-state index in [-0.39, 0.29) is 12.0 Å². The first-order chi connectivity index (χ1) is 34.2. The van der Waals surface area contributed by atoms with Gasteiger partial charge in [0.2, 0.25) is 0 Å². The van der Waals surface area contributed by atoms with Gasteiger partial charge in [-0.1, -0.05) is 237 Å².